The van der Waals surface area contributed by atoms with Crippen molar-refractivity contribution in [1.29, 1.82) is 0 Å². The summed E-state index contributed by atoms with van der Waals surface area (Å²) in [5, 5.41) is 5.45. The second kappa shape index (κ2) is 7.44. The molecule has 0 aliphatic carbocycles. The van der Waals surface area contributed by atoms with Crippen LogP contribution in [-0.4, -0.2) is 49.0 Å². The number of ether oxygens (including phenoxy) is 1. The molecule has 0 radical (unpaired) electrons. The monoisotopic (exact) mass is 333 g/mol. The lowest BCUT2D eigenvalue weighted by molar-refractivity contribution is -0.135. The second-order valence-corrected chi connectivity index (χ2v) is 5.87. The summed E-state index contributed by atoms with van der Waals surface area (Å²) in [6.45, 7) is 3.66. The van der Waals surface area contributed by atoms with Gasteiger partial charge < -0.3 is 15.4 Å². The topological polar surface area (TPSA) is 87.7 Å². The first-order valence-electron chi connectivity index (χ1n) is 7.92. The number of hydrogen-bond acceptors (Lipinski definition) is 4. The number of carbonyl (C=O) groups is 3. The van der Waals surface area contributed by atoms with Gasteiger partial charge in [0.15, 0.2) is 0 Å². The van der Waals surface area contributed by atoms with Gasteiger partial charge in [-0.2, -0.15) is 0 Å². The number of amides is 4. The van der Waals surface area contributed by atoms with Crippen molar-refractivity contribution in [1.82, 2.24) is 15.5 Å². The minimum Gasteiger partial charge on any atom is -0.383 e. The molecule has 2 N–H and O–H groups in total. The Bertz CT molecular complexity index is 620. The highest BCUT2D eigenvalue weighted by Crippen LogP contribution is 2.32. The molecule has 24 heavy (non-hydrogen) atoms. The quantitative estimate of drug-likeness (QED) is 0.729. The third-order valence-electron chi connectivity index (χ3n) is 4.10. The highest BCUT2D eigenvalue weighted by atomic mass is 16.5. The normalized spacial score (nSPS) is 21.5. The van der Waals surface area contributed by atoms with Crippen molar-refractivity contribution in [2.24, 2.45) is 0 Å². The maximum Gasteiger partial charge on any atom is 0.325 e. The zero-order valence-corrected chi connectivity index (χ0v) is 14.2. The molecule has 1 aliphatic rings. The number of carbonyl (C=O) groups excluding carboxylic acids is 3. The highest BCUT2D eigenvalue weighted by molar-refractivity contribution is 6.09. The van der Waals surface area contributed by atoms with Gasteiger partial charge in [0.25, 0.3) is 5.91 Å². The van der Waals surface area contributed by atoms with Gasteiger partial charge in [-0.25, -0.2) is 4.79 Å². The van der Waals surface area contributed by atoms with Gasteiger partial charge in [0.2, 0.25) is 5.91 Å². The summed E-state index contributed by atoms with van der Waals surface area (Å²) in [6.07, 6.45) is 0.403. The number of rotatable bonds is 7. The molecule has 130 valence electrons. The van der Waals surface area contributed by atoms with Crippen LogP contribution < -0.4 is 10.6 Å². The molecule has 1 fully saturated rings. The fraction of sp³-hybridized carbons (Fsp3) is 0.471. The third-order valence-corrected chi connectivity index (χ3v) is 4.10. The average molecular weight is 333 g/mol. The molecule has 7 heteroatoms. The van der Waals surface area contributed by atoms with Gasteiger partial charge in [0, 0.05) is 13.2 Å². The summed E-state index contributed by atoms with van der Waals surface area (Å²) in [4.78, 5) is 38.2. The molecule has 7 nitrogen and oxygen atoms in total. The molecule has 1 aliphatic heterocycles. The van der Waals surface area contributed by atoms with Crippen molar-refractivity contribution in [3.05, 3.63) is 35.9 Å². The van der Waals surface area contributed by atoms with Crippen LogP contribution in [0.1, 0.15) is 25.8 Å². The summed E-state index contributed by atoms with van der Waals surface area (Å²) in [7, 11) is 1.54. The van der Waals surface area contributed by atoms with Crippen molar-refractivity contribution in [2.75, 3.05) is 20.3 Å². The molecule has 0 aromatic heterocycles. The lowest BCUT2D eigenvalue weighted by atomic mass is 9.87. The van der Waals surface area contributed by atoms with Crippen LogP contribution in [0.15, 0.2) is 30.3 Å². The van der Waals surface area contributed by atoms with E-state index in [1.165, 1.54) is 7.11 Å². The molecule has 2 rings (SSSR count). The fourth-order valence-corrected chi connectivity index (χ4v) is 2.89. The van der Waals surface area contributed by atoms with Crippen LogP contribution in [0.4, 0.5) is 4.79 Å². The van der Waals surface area contributed by atoms with Crippen molar-refractivity contribution >= 4 is 17.8 Å². The summed E-state index contributed by atoms with van der Waals surface area (Å²) in [6, 6.07) is 8.31. The van der Waals surface area contributed by atoms with Gasteiger partial charge in [-0.15, -0.1) is 0 Å². The van der Waals surface area contributed by atoms with Crippen LogP contribution in [-0.2, 0) is 19.9 Å². The minimum absolute atomic E-state index is 0.201. The summed E-state index contributed by atoms with van der Waals surface area (Å²) in [5.41, 5.74) is -0.405. The fourth-order valence-electron chi connectivity index (χ4n) is 2.89. The van der Waals surface area contributed by atoms with Crippen molar-refractivity contribution in [3.8, 4) is 0 Å². The number of methoxy groups -OCH3 is 1. The van der Waals surface area contributed by atoms with Crippen LogP contribution in [0.2, 0.25) is 0 Å². The maximum atomic E-state index is 12.9. The Morgan fingerprint density at radius 2 is 2.00 bits per heavy atom. The van der Waals surface area contributed by atoms with E-state index >= 15 is 0 Å². The standard InChI is InChI=1S/C17H23N3O4/c1-4-17(13-8-6-5-7-9-13)15(22)20(16(23)19-17)10-14(21)18-12(2)11-24-3/h5-9,12H,4,10-11H2,1-3H3,(H,18,21)(H,19,23)/t12-,17-/m0/s1. The zero-order valence-electron chi connectivity index (χ0n) is 14.2. The Kier molecular flexibility index (Phi) is 5.56. The molecular weight excluding hydrogens is 310 g/mol. The Morgan fingerprint density at radius 3 is 2.58 bits per heavy atom. The molecule has 1 heterocycles. The molecule has 1 saturated heterocycles. The second-order valence-electron chi connectivity index (χ2n) is 5.87. The van der Waals surface area contributed by atoms with E-state index in [1.54, 1.807) is 19.1 Å². The predicted octanol–water partition coefficient (Wildman–Crippen LogP) is 0.995. The van der Waals surface area contributed by atoms with E-state index in [1.807, 2.05) is 25.1 Å². The zero-order chi connectivity index (χ0) is 17.7. The SMILES string of the molecule is CC[C@@]1(c2ccccc2)NC(=O)N(CC(=O)N[C@@H](C)COC)C1=O. The summed E-state index contributed by atoms with van der Waals surface area (Å²) >= 11 is 0. The van der Waals surface area contributed by atoms with E-state index in [4.69, 9.17) is 4.74 Å². The molecule has 1 aromatic carbocycles. The number of nitrogens with one attached hydrogen (secondary N) is 2. The number of hydrogen-bond donors (Lipinski definition) is 2. The Hall–Kier alpha value is -2.41. The first-order chi connectivity index (χ1) is 11.4. The molecule has 0 spiro atoms. The summed E-state index contributed by atoms with van der Waals surface area (Å²) < 4.78 is 4.95. The van der Waals surface area contributed by atoms with E-state index in [2.05, 4.69) is 10.6 Å². The predicted molar refractivity (Wildman–Crippen MR) is 88.1 cm³/mol. The van der Waals surface area contributed by atoms with Gasteiger partial charge in [-0.3, -0.25) is 14.5 Å². The lowest BCUT2D eigenvalue weighted by Gasteiger charge is -2.25. The van der Waals surface area contributed by atoms with Gasteiger partial charge in [-0.1, -0.05) is 37.3 Å². The smallest absolute Gasteiger partial charge is 0.325 e. The van der Waals surface area contributed by atoms with Crippen LogP contribution in [0, 0.1) is 0 Å². The average Bonchev–Trinajstić information content (AvgIpc) is 2.81. The number of nitrogens with zero attached hydrogens (tertiary/aromatic N) is 1. The molecule has 0 saturated carbocycles. The van der Waals surface area contributed by atoms with Gasteiger partial charge in [0.1, 0.15) is 12.1 Å². The van der Waals surface area contributed by atoms with Crippen molar-refractivity contribution in [3.63, 3.8) is 0 Å². The largest absolute Gasteiger partial charge is 0.383 e. The van der Waals surface area contributed by atoms with Crippen LogP contribution in [0.5, 0.6) is 0 Å². The molecular formula is C17H23N3O4. The van der Waals surface area contributed by atoms with E-state index < -0.39 is 23.4 Å². The van der Waals surface area contributed by atoms with E-state index in [0.717, 1.165) is 4.90 Å². The first-order valence-corrected chi connectivity index (χ1v) is 7.92. The van der Waals surface area contributed by atoms with Gasteiger partial charge >= 0.3 is 6.03 Å². The Morgan fingerprint density at radius 1 is 1.33 bits per heavy atom. The van der Waals surface area contributed by atoms with E-state index in [0.29, 0.717) is 18.6 Å². The van der Waals surface area contributed by atoms with Crippen LogP contribution >= 0.6 is 0 Å². The van der Waals surface area contributed by atoms with Crippen molar-refractivity contribution < 1.29 is 19.1 Å². The number of urea groups is 1. The van der Waals surface area contributed by atoms with Crippen LogP contribution in [0.3, 0.4) is 0 Å². The van der Waals surface area contributed by atoms with Crippen LogP contribution in [0.25, 0.3) is 0 Å². The van der Waals surface area contributed by atoms with Gasteiger partial charge in [-0.05, 0) is 18.9 Å². The minimum atomic E-state index is -1.11. The number of imide groups is 1. The maximum absolute atomic E-state index is 12.9. The molecule has 0 bridgehead atoms. The lowest BCUT2D eigenvalue weighted by Crippen LogP contribution is -2.46. The molecule has 4 amide bonds. The number of benzene rings is 1. The Labute approximate surface area is 141 Å². The molecule has 0 unspecified atom stereocenters. The summed E-state index contributed by atoms with van der Waals surface area (Å²) in [5.74, 6) is -0.807. The van der Waals surface area contributed by atoms with Crippen molar-refractivity contribution in [2.45, 2.75) is 31.8 Å². The highest BCUT2D eigenvalue weighted by Gasteiger charge is 2.51. The third kappa shape index (κ3) is 3.41. The molecule has 1 aromatic rings. The van der Waals surface area contributed by atoms with E-state index in [9.17, 15) is 14.4 Å². The first kappa shape index (κ1) is 17.9. The Balaban J connectivity index is 2.15. The van der Waals surface area contributed by atoms with Gasteiger partial charge in [0.05, 0.1) is 6.61 Å². The van der Waals surface area contributed by atoms with E-state index in [-0.39, 0.29) is 12.6 Å². The molecule has 2 atom stereocenters.